The second-order valence-electron chi connectivity index (χ2n) is 5.77. The molecule has 1 aliphatic heterocycles. The lowest BCUT2D eigenvalue weighted by Crippen LogP contribution is -2.17. The molecule has 0 saturated carbocycles. The molecule has 0 bridgehead atoms. The summed E-state index contributed by atoms with van der Waals surface area (Å²) in [6, 6.07) is 20.1. The number of nitrogens with zero attached hydrogens (tertiary/aromatic N) is 3. The summed E-state index contributed by atoms with van der Waals surface area (Å²) < 4.78 is 5.60. The van der Waals surface area contributed by atoms with Gasteiger partial charge in [0, 0.05) is 18.6 Å². The highest BCUT2D eigenvalue weighted by molar-refractivity contribution is 6.03. The molecule has 2 heterocycles. The standard InChI is InChI=1S/C19H15N3O3/c23-22(24)16-10-8-14(9-11-16)17-13-18(19-7-4-12-25-19)21(20-17)15-5-2-1-3-6-15/h1-12,18H,13H2/t18-/m0/s1. The van der Waals surface area contributed by atoms with E-state index in [1.807, 2.05) is 47.5 Å². The molecule has 3 aromatic rings. The van der Waals surface area contributed by atoms with Gasteiger partial charge in [0.15, 0.2) is 0 Å². The van der Waals surface area contributed by atoms with Crippen LogP contribution in [0, 0.1) is 10.1 Å². The van der Waals surface area contributed by atoms with Gasteiger partial charge in [-0.25, -0.2) is 0 Å². The molecule has 124 valence electrons. The van der Waals surface area contributed by atoms with E-state index in [0.717, 1.165) is 22.7 Å². The van der Waals surface area contributed by atoms with Crippen molar-refractivity contribution in [2.75, 3.05) is 5.01 Å². The largest absolute Gasteiger partial charge is 0.467 e. The van der Waals surface area contributed by atoms with E-state index in [1.165, 1.54) is 12.1 Å². The molecular formula is C19H15N3O3. The predicted octanol–water partition coefficient (Wildman–Crippen LogP) is 4.54. The number of non-ortho nitro benzene ring substituents is 1. The molecule has 6 heteroatoms. The molecule has 2 aromatic carbocycles. The molecular weight excluding hydrogens is 318 g/mol. The molecule has 4 rings (SSSR count). The first kappa shape index (κ1) is 15.1. The Morgan fingerprint density at radius 3 is 2.44 bits per heavy atom. The van der Waals surface area contributed by atoms with Crippen LogP contribution in [0.15, 0.2) is 82.5 Å². The maximum atomic E-state index is 10.8. The van der Waals surface area contributed by atoms with Crippen molar-refractivity contribution >= 4 is 17.1 Å². The molecule has 6 nitrogen and oxygen atoms in total. The monoisotopic (exact) mass is 333 g/mol. The second kappa shape index (κ2) is 6.24. The number of hydrogen-bond donors (Lipinski definition) is 0. The number of hydrogen-bond acceptors (Lipinski definition) is 5. The summed E-state index contributed by atoms with van der Waals surface area (Å²) in [5, 5.41) is 17.5. The topological polar surface area (TPSA) is 71.9 Å². The lowest BCUT2D eigenvalue weighted by Gasteiger charge is -2.21. The average Bonchev–Trinajstić information content (AvgIpc) is 3.32. The zero-order valence-electron chi connectivity index (χ0n) is 13.3. The zero-order valence-corrected chi connectivity index (χ0v) is 13.3. The number of nitro benzene ring substituents is 1. The molecule has 0 saturated heterocycles. The van der Waals surface area contributed by atoms with Crippen molar-refractivity contribution in [1.29, 1.82) is 0 Å². The SMILES string of the molecule is O=[N+]([O-])c1ccc(C2=NN(c3ccccc3)[C@H](c3ccco3)C2)cc1. The van der Waals surface area contributed by atoms with Crippen molar-refractivity contribution in [3.63, 3.8) is 0 Å². The van der Waals surface area contributed by atoms with Gasteiger partial charge in [0.1, 0.15) is 11.8 Å². The number of hydrazone groups is 1. The Labute approximate surface area is 144 Å². The normalized spacial score (nSPS) is 16.7. The predicted molar refractivity (Wildman–Crippen MR) is 94.6 cm³/mol. The van der Waals surface area contributed by atoms with Crippen LogP contribution < -0.4 is 5.01 Å². The third-order valence-electron chi connectivity index (χ3n) is 4.21. The third kappa shape index (κ3) is 2.89. The summed E-state index contributed by atoms with van der Waals surface area (Å²) in [6.45, 7) is 0. The van der Waals surface area contributed by atoms with E-state index in [-0.39, 0.29) is 11.7 Å². The highest BCUT2D eigenvalue weighted by atomic mass is 16.6. The van der Waals surface area contributed by atoms with Crippen LogP contribution in [0.2, 0.25) is 0 Å². The van der Waals surface area contributed by atoms with Crippen molar-refractivity contribution in [3.05, 3.63) is 94.4 Å². The van der Waals surface area contributed by atoms with Crippen molar-refractivity contribution in [2.45, 2.75) is 12.5 Å². The van der Waals surface area contributed by atoms with Gasteiger partial charge in [-0.3, -0.25) is 15.1 Å². The van der Waals surface area contributed by atoms with Gasteiger partial charge in [-0.1, -0.05) is 18.2 Å². The Kier molecular flexibility index (Phi) is 3.78. The molecule has 25 heavy (non-hydrogen) atoms. The first-order valence-corrected chi connectivity index (χ1v) is 7.92. The Hall–Kier alpha value is -3.41. The fourth-order valence-corrected chi connectivity index (χ4v) is 2.98. The maximum Gasteiger partial charge on any atom is 0.269 e. The van der Waals surface area contributed by atoms with E-state index in [0.29, 0.717) is 6.42 Å². The van der Waals surface area contributed by atoms with Crippen LogP contribution in [0.3, 0.4) is 0 Å². The van der Waals surface area contributed by atoms with Crippen LogP contribution in [0.4, 0.5) is 11.4 Å². The molecule has 1 aliphatic rings. The number of rotatable bonds is 4. The average molecular weight is 333 g/mol. The van der Waals surface area contributed by atoms with Gasteiger partial charge in [0.2, 0.25) is 0 Å². The van der Waals surface area contributed by atoms with E-state index in [1.54, 1.807) is 18.4 Å². The van der Waals surface area contributed by atoms with Gasteiger partial charge < -0.3 is 4.42 Å². The maximum absolute atomic E-state index is 10.8. The highest BCUT2D eigenvalue weighted by Gasteiger charge is 2.31. The summed E-state index contributed by atoms with van der Waals surface area (Å²) >= 11 is 0. The van der Waals surface area contributed by atoms with E-state index >= 15 is 0 Å². The molecule has 0 fully saturated rings. The summed E-state index contributed by atoms with van der Waals surface area (Å²) in [6.07, 6.45) is 2.32. The van der Waals surface area contributed by atoms with E-state index in [9.17, 15) is 10.1 Å². The smallest absolute Gasteiger partial charge is 0.269 e. The number of furan rings is 1. The number of nitro groups is 1. The Balaban J connectivity index is 1.70. The lowest BCUT2D eigenvalue weighted by atomic mass is 10.0. The summed E-state index contributed by atoms with van der Waals surface area (Å²) in [4.78, 5) is 10.4. The minimum atomic E-state index is -0.401. The van der Waals surface area contributed by atoms with Gasteiger partial charge in [-0.15, -0.1) is 0 Å². The minimum absolute atomic E-state index is 0.0393. The zero-order chi connectivity index (χ0) is 17.2. The van der Waals surface area contributed by atoms with Crippen LogP contribution in [0.5, 0.6) is 0 Å². The number of benzene rings is 2. The summed E-state index contributed by atoms with van der Waals surface area (Å²) in [5.74, 6) is 0.838. The van der Waals surface area contributed by atoms with Crippen molar-refractivity contribution in [2.24, 2.45) is 5.10 Å². The van der Waals surface area contributed by atoms with E-state index in [4.69, 9.17) is 9.52 Å². The number of anilines is 1. The molecule has 0 radical (unpaired) electrons. The molecule has 0 N–H and O–H groups in total. The molecule has 1 atom stereocenters. The fraction of sp³-hybridized carbons (Fsp3) is 0.105. The van der Waals surface area contributed by atoms with Crippen LogP contribution >= 0.6 is 0 Å². The first-order chi connectivity index (χ1) is 12.2. The van der Waals surface area contributed by atoms with Gasteiger partial charge >= 0.3 is 0 Å². The van der Waals surface area contributed by atoms with Gasteiger partial charge in [-0.05, 0) is 42.0 Å². The number of para-hydroxylation sites is 1. The molecule has 1 aromatic heterocycles. The highest BCUT2D eigenvalue weighted by Crippen LogP contribution is 2.36. The van der Waals surface area contributed by atoms with E-state index < -0.39 is 4.92 Å². The molecule has 0 unspecified atom stereocenters. The van der Waals surface area contributed by atoms with Crippen molar-refractivity contribution in [1.82, 2.24) is 0 Å². The van der Waals surface area contributed by atoms with Crippen LogP contribution in [0.25, 0.3) is 0 Å². The Morgan fingerprint density at radius 2 is 1.80 bits per heavy atom. The van der Waals surface area contributed by atoms with Gasteiger partial charge in [0.05, 0.1) is 22.6 Å². The van der Waals surface area contributed by atoms with Crippen LogP contribution in [-0.2, 0) is 0 Å². The third-order valence-corrected chi connectivity index (χ3v) is 4.21. The van der Waals surface area contributed by atoms with E-state index in [2.05, 4.69) is 0 Å². The first-order valence-electron chi connectivity index (χ1n) is 7.92. The Bertz CT molecular complexity index is 903. The van der Waals surface area contributed by atoms with Crippen molar-refractivity contribution in [3.8, 4) is 0 Å². The summed E-state index contributed by atoms with van der Waals surface area (Å²) in [7, 11) is 0. The Morgan fingerprint density at radius 1 is 1.04 bits per heavy atom. The van der Waals surface area contributed by atoms with Gasteiger partial charge in [0.25, 0.3) is 5.69 Å². The molecule has 0 aliphatic carbocycles. The van der Waals surface area contributed by atoms with Crippen molar-refractivity contribution < 1.29 is 9.34 Å². The van der Waals surface area contributed by atoms with Gasteiger partial charge in [-0.2, -0.15) is 5.10 Å². The lowest BCUT2D eigenvalue weighted by molar-refractivity contribution is -0.384. The van der Waals surface area contributed by atoms with Crippen LogP contribution in [-0.4, -0.2) is 10.6 Å². The molecule has 0 amide bonds. The molecule has 0 spiro atoms. The minimum Gasteiger partial charge on any atom is -0.467 e. The second-order valence-corrected chi connectivity index (χ2v) is 5.77. The fourth-order valence-electron chi connectivity index (χ4n) is 2.98. The summed E-state index contributed by atoms with van der Waals surface area (Å²) in [5.41, 5.74) is 2.80. The van der Waals surface area contributed by atoms with Crippen LogP contribution in [0.1, 0.15) is 23.8 Å². The quantitative estimate of drug-likeness (QED) is 0.519.